The van der Waals surface area contributed by atoms with Crippen molar-refractivity contribution in [3.05, 3.63) is 99.4 Å². The number of thioether (sulfide) groups is 1. The molecule has 0 bridgehead atoms. The highest BCUT2D eigenvalue weighted by atomic mass is 79.9. The smallest absolute Gasteiger partial charge is 0.264 e. The van der Waals surface area contributed by atoms with E-state index in [4.69, 9.17) is 14.2 Å². The topological polar surface area (TPSA) is 69.2 Å². The van der Waals surface area contributed by atoms with Crippen molar-refractivity contribution < 1.29 is 19.0 Å². The van der Waals surface area contributed by atoms with Crippen molar-refractivity contribution in [3.63, 3.8) is 0 Å². The predicted octanol–water partition coefficient (Wildman–Crippen LogP) is 6.67. The Morgan fingerprint density at radius 2 is 1.81 bits per heavy atom. The van der Waals surface area contributed by atoms with Crippen LogP contribution in [0.3, 0.4) is 0 Å². The monoisotopic (exact) mass is 564 g/mol. The van der Waals surface area contributed by atoms with Crippen molar-refractivity contribution in [1.29, 1.82) is 0 Å². The van der Waals surface area contributed by atoms with Gasteiger partial charge in [-0.2, -0.15) is 0 Å². The first-order chi connectivity index (χ1) is 17.5. The summed E-state index contributed by atoms with van der Waals surface area (Å²) in [5.74, 6) is 1.80. The first kappa shape index (κ1) is 25.6. The lowest BCUT2D eigenvalue weighted by Crippen LogP contribution is -2.19. The molecule has 1 amide bonds. The number of amidine groups is 1. The van der Waals surface area contributed by atoms with Crippen molar-refractivity contribution in [2.45, 2.75) is 13.0 Å². The number of nitrogens with zero attached hydrogens (tertiary/aromatic N) is 1. The minimum absolute atomic E-state index is 0.202. The summed E-state index contributed by atoms with van der Waals surface area (Å²) in [6, 6.07) is 19.1. The zero-order valence-electron chi connectivity index (χ0n) is 19.9. The minimum Gasteiger partial charge on any atom is -0.497 e. The predicted molar refractivity (Wildman–Crippen MR) is 149 cm³/mol. The Bertz CT molecular complexity index is 1320. The third-order valence-corrected chi connectivity index (χ3v) is 6.72. The first-order valence-corrected chi connectivity index (χ1v) is 12.7. The fraction of sp³-hybridized carbons (Fsp3) is 0.143. The Morgan fingerprint density at radius 3 is 2.47 bits per heavy atom. The zero-order valence-corrected chi connectivity index (χ0v) is 22.3. The fourth-order valence-electron chi connectivity index (χ4n) is 3.53. The summed E-state index contributed by atoms with van der Waals surface area (Å²) in [6.45, 7) is 4.28. The standard InChI is InChI=1S/C28H25BrN2O4S/c1-4-5-20-14-19(15-24(34-3)26(20)35-17-18-6-8-21(29)9-7-18)16-25-27(32)31-28(36-25)30-22-10-12-23(33-2)13-11-22/h4,6-16H,1,5,17H2,2-3H3,(H,30,31,32)/b25-16+. The second-order valence-corrected chi connectivity index (χ2v) is 9.75. The summed E-state index contributed by atoms with van der Waals surface area (Å²) in [7, 11) is 3.22. The molecule has 0 unspecified atom stereocenters. The number of amides is 1. The molecule has 184 valence electrons. The number of benzene rings is 3. The number of hydrogen-bond acceptors (Lipinski definition) is 6. The van der Waals surface area contributed by atoms with Gasteiger partial charge in [0.1, 0.15) is 12.4 Å². The molecule has 1 N–H and O–H groups in total. The molecule has 0 aromatic heterocycles. The van der Waals surface area contributed by atoms with Gasteiger partial charge in [-0.3, -0.25) is 4.79 Å². The number of nitrogens with one attached hydrogen (secondary N) is 1. The van der Waals surface area contributed by atoms with Crippen molar-refractivity contribution in [3.8, 4) is 17.2 Å². The van der Waals surface area contributed by atoms with Crippen LogP contribution < -0.4 is 19.5 Å². The van der Waals surface area contributed by atoms with Gasteiger partial charge in [0, 0.05) is 10.0 Å². The van der Waals surface area contributed by atoms with E-state index in [1.54, 1.807) is 14.2 Å². The number of halogens is 1. The van der Waals surface area contributed by atoms with Gasteiger partial charge in [-0.1, -0.05) is 34.1 Å². The highest BCUT2D eigenvalue weighted by Crippen LogP contribution is 2.36. The van der Waals surface area contributed by atoms with Crippen LogP contribution >= 0.6 is 27.7 Å². The van der Waals surface area contributed by atoms with Gasteiger partial charge < -0.3 is 19.5 Å². The summed E-state index contributed by atoms with van der Waals surface area (Å²) in [5, 5.41) is 3.34. The normalized spacial score (nSPS) is 15.1. The summed E-state index contributed by atoms with van der Waals surface area (Å²) in [5.41, 5.74) is 3.51. The third kappa shape index (κ3) is 6.38. The van der Waals surface area contributed by atoms with E-state index >= 15 is 0 Å². The number of ether oxygens (including phenoxy) is 3. The Kier molecular flexibility index (Phi) is 8.51. The minimum atomic E-state index is -0.202. The van der Waals surface area contributed by atoms with Gasteiger partial charge in [-0.15, -0.1) is 6.58 Å². The molecule has 0 atom stereocenters. The van der Waals surface area contributed by atoms with Crippen molar-refractivity contribution in [2.75, 3.05) is 14.2 Å². The number of methoxy groups -OCH3 is 2. The Morgan fingerprint density at radius 1 is 1.06 bits per heavy atom. The maximum atomic E-state index is 12.6. The van der Waals surface area contributed by atoms with Crippen LogP contribution in [0.2, 0.25) is 0 Å². The van der Waals surface area contributed by atoms with Crippen LogP contribution in [0.1, 0.15) is 16.7 Å². The zero-order chi connectivity index (χ0) is 25.5. The van der Waals surface area contributed by atoms with Gasteiger partial charge in [0.25, 0.3) is 5.91 Å². The van der Waals surface area contributed by atoms with Crippen LogP contribution in [0.5, 0.6) is 17.2 Å². The molecule has 1 fully saturated rings. The molecule has 1 aliphatic rings. The Hall–Kier alpha value is -3.49. The Labute approximate surface area is 223 Å². The lowest BCUT2D eigenvalue weighted by atomic mass is 10.0. The summed E-state index contributed by atoms with van der Waals surface area (Å²) < 4.78 is 18.0. The van der Waals surface area contributed by atoms with Gasteiger partial charge in [0.2, 0.25) is 0 Å². The van der Waals surface area contributed by atoms with E-state index in [0.29, 0.717) is 34.6 Å². The first-order valence-electron chi connectivity index (χ1n) is 11.1. The molecule has 0 aliphatic carbocycles. The molecule has 6 nitrogen and oxygen atoms in total. The average molecular weight is 565 g/mol. The van der Waals surface area contributed by atoms with Crippen LogP contribution in [0, 0.1) is 0 Å². The Balaban J connectivity index is 1.57. The van der Waals surface area contributed by atoms with Crippen molar-refractivity contribution in [2.24, 2.45) is 4.99 Å². The number of allylic oxidation sites excluding steroid dienone is 1. The van der Waals surface area contributed by atoms with Gasteiger partial charge in [0.05, 0.1) is 24.8 Å². The SMILES string of the molecule is C=CCc1cc(/C=C2/SC(=Nc3ccc(OC)cc3)NC2=O)cc(OC)c1OCc1ccc(Br)cc1. The van der Waals surface area contributed by atoms with E-state index < -0.39 is 0 Å². The van der Waals surface area contributed by atoms with E-state index in [2.05, 4.69) is 32.8 Å². The van der Waals surface area contributed by atoms with Crippen LogP contribution in [-0.4, -0.2) is 25.3 Å². The molecule has 0 radical (unpaired) electrons. The molecule has 0 spiro atoms. The second kappa shape index (κ2) is 12.0. The van der Waals surface area contributed by atoms with E-state index in [-0.39, 0.29) is 5.91 Å². The number of carbonyl (C=O) groups is 1. The third-order valence-electron chi connectivity index (χ3n) is 5.29. The number of hydrogen-bond donors (Lipinski definition) is 1. The van der Waals surface area contributed by atoms with Crippen LogP contribution in [0.15, 0.2) is 87.7 Å². The molecule has 8 heteroatoms. The fourth-order valence-corrected chi connectivity index (χ4v) is 4.64. The van der Waals surface area contributed by atoms with Gasteiger partial charge >= 0.3 is 0 Å². The molecule has 1 heterocycles. The molecule has 3 aromatic rings. The maximum Gasteiger partial charge on any atom is 0.264 e. The average Bonchev–Trinajstić information content (AvgIpc) is 3.22. The summed E-state index contributed by atoms with van der Waals surface area (Å²) in [4.78, 5) is 17.7. The molecule has 1 aliphatic heterocycles. The van der Waals surface area contributed by atoms with E-state index in [0.717, 1.165) is 32.6 Å². The lowest BCUT2D eigenvalue weighted by molar-refractivity contribution is -0.115. The van der Waals surface area contributed by atoms with E-state index in [1.165, 1.54) is 11.8 Å². The quantitative estimate of drug-likeness (QED) is 0.232. The van der Waals surface area contributed by atoms with Crippen LogP contribution in [0.25, 0.3) is 6.08 Å². The molecule has 4 rings (SSSR count). The number of carbonyl (C=O) groups excluding carboxylic acids is 1. The van der Waals surface area contributed by atoms with E-state index in [9.17, 15) is 4.79 Å². The molecule has 3 aromatic carbocycles. The molecular formula is C28H25BrN2O4S. The number of aliphatic imine (C=N–C) groups is 1. The molecule has 36 heavy (non-hydrogen) atoms. The van der Waals surface area contributed by atoms with Gasteiger partial charge in [0.15, 0.2) is 16.7 Å². The second-order valence-electron chi connectivity index (χ2n) is 7.80. The van der Waals surface area contributed by atoms with Crippen LogP contribution in [0.4, 0.5) is 5.69 Å². The summed E-state index contributed by atoms with van der Waals surface area (Å²) >= 11 is 4.74. The number of rotatable bonds is 9. The molecule has 1 saturated heterocycles. The van der Waals surface area contributed by atoms with E-state index in [1.807, 2.05) is 72.8 Å². The largest absolute Gasteiger partial charge is 0.497 e. The van der Waals surface area contributed by atoms with Gasteiger partial charge in [-0.05, 0) is 83.9 Å². The van der Waals surface area contributed by atoms with Gasteiger partial charge in [-0.25, -0.2) is 4.99 Å². The summed E-state index contributed by atoms with van der Waals surface area (Å²) in [6.07, 6.45) is 4.23. The highest BCUT2D eigenvalue weighted by molar-refractivity contribution is 9.10. The van der Waals surface area contributed by atoms with Crippen molar-refractivity contribution >= 4 is 50.5 Å². The molecule has 0 saturated carbocycles. The molecular weight excluding hydrogens is 540 g/mol. The highest BCUT2D eigenvalue weighted by Gasteiger charge is 2.24. The van der Waals surface area contributed by atoms with Crippen molar-refractivity contribution in [1.82, 2.24) is 5.32 Å². The lowest BCUT2D eigenvalue weighted by Gasteiger charge is -2.16. The maximum absolute atomic E-state index is 12.6. The van der Waals surface area contributed by atoms with Crippen LogP contribution in [-0.2, 0) is 17.8 Å².